The van der Waals surface area contributed by atoms with Gasteiger partial charge in [0.05, 0.1) is 14.2 Å². The zero-order valence-corrected chi connectivity index (χ0v) is 17.8. The van der Waals surface area contributed by atoms with Crippen molar-refractivity contribution >= 4 is 11.8 Å². The highest BCUT2D eigenvalue weighted by Crippen LogP contribution is 2.31. The van der Waals surface area contributed by atoms with Crippen molar-refractivity contribution in [2.24, 2.45) is 0 Å². The van der Waals surface area contributed by atoms with E-state index in [9.17, 15) is 9.59 Å². The fraction of sp³-hybridized carbons (Fsp3) is 0.636. The van der Waals surface area contributed by atoms with Gasteiger partial charge < -0.3 is 19.7 Å². The average molecular weight is 404 g/mol. The van der Waals surface area contributed by atoms with Crippen molar-refractivity contribution in [1.82, 2.24) is 15.1 Å². The minimum Gasteiger partial charge on any atom is -0.493 e. The van der Waals surface area contributed by atoms with Crippen molar-refractivity contribution in [1.29, 1.82) is 0 Å². The van der Waals surface area contributed by atoms with Crippen LogP contribution in [-0.4, -0.2) is 67.6 Å². The number of nitrogens with one attached hydrogen (secondary N) is 1. The second-order valence-electron chi connectivity index (χ2n) is 8.08. The van der Waals surface area contributed by atoms with Crippen LogP contribution in [0.15, 0.2) is 18.2 Å². The number of rotatable bonds is 6. The van der Waals surface area contributed by atoms with Crippen LogP contribution in [-0.2, 0) is 16.1 Å². The molecule has 1 aromatic rings. The van der Waals surface area contributed by atoms with Crippen LogP contribution in [0.3, 0.4) is 0 Å². The van der Waals surface area contributed by atoms with Crippen LogP contribution >= 0.6 is 0 Å². The van der Waals surface area contributed by atoms with Gasteiger partial charge in [0.15, 0.2) is 11.5 Å². The fourth-order valence-electron chi connectivity index (χ4n) is 4.53. The first-order valence-corrected chi connectivity index (χ1v) is 10.5. The molecular weight excluding hydrogens is 370 g/mol. The molecule has 0 radical (unpaired) electrons. The second-order valence-corrected chi connectivity index (χ2v) is 8.08. The smallest absolute Gasteiger partial charge is 0.248 e. The lowest BCUT2D eigenvalue weighted by atomic mass is 9.80. The van der Waals surface area contributed by atoms with Crippen molar-refractivity contribution in [2.45, 2.75) is 51.1 Å². The van der Waals surface area contributed by atoms with E-state index < -0.39 is 5.54 Å². The molecule has 0 aromatic heterocycles. The molecule has 1 N–H and O–H groups in total. The van der Waals surface area contributed by atoms with Gasteiger partial charge in [-0.05, 0) is 30.5 Å². The van der Waals surface area contributed by atoms with Crippen LogP contribution in [0.4, 0.5) is 0 Å². The summed E-state index contributed by atoms with van der Waals surface area (Å²) >= 11 is 0. The Labute approximate surface area is 173 Å². The van der Waals surface area contributed by atoms with Gasteiger partial charge in [-0.25, -0.2) is 0 Å². The van der Waals surface area contributed by atoms with E-state index in [0.717, 1.165) is 68.8 Å². The number of hydrogen-bond acceptors (Lipinski definition) is 5. The SMILES string of the molecule is COc1ccc(CN2CCN(C(=O)C3(NC(C)=O)CCCCC3)CC2)cc1OC. The summed E-state index contributed by atoms with van der Waals surface area (Å²) in [6, 6.07) is 5.98. The number of methoxy groups -OCH3 is 2. The van der Waals surface area contributed by atoms with Crippen molar-refractivity contribution in [3.8, 4) is 11.5 Å². The maximum atomic E-state index is 13.3. The van der Waals surface area contributed by atoms with Crippen LogP contribution in [0.5, 0.6) is 11.5 Å². The molecule has 0 unspecified atom stereocenters. The summed E-state index contributed by atoms with van der Waals surface area (Å²) in [5, 5.41) is 3.00. The quantitative estimate of drug-likeness (QED) is 0.788. The maximum Gasteiger partial charge on any atom is 0.248 e. The Hall–Kier alpha value is -2.28. The molecule has 1 saturated heterocycles. The van der Waals surface area contributed by atoms with Crippen LogP contribution in [0, 0.1) is 0 Å². The molecule has 2 amide bonds. The Morgan fingerprint density at radius 1 is 1.00 bits per heavy atom. The van der Waals surface area contributed by atoms with E-state index in [0.29, 0.717) is 13.1 Å². The van der Waals surface area contributed by atoms with Gasteiger partial charge in [0.25, 0.3) is 0 Å². The number of hydrogen-bond donors (Lipinski definition) is 1. The standard InChI is InChI=1S/C22H33N3O4/c1-17(26)23-22(9-5-4-6-10-22)21(27)25-13-11-24(12-14-25)16-18-7-8-19(28-2)20(15-18)29-3/h7-8,15H,4-6,9-14,16H2,1-3H3,(H,23,26). The van der Waals surface area contributed by atoms with E-state index in [1.165, 1.54) is 6.92 Å². The van der Waals surface area contributed by atoms with Crippen molar-refractivity contribution in [2.75, 3.05) is 40.4 Å². The highest BCUT2D eigenvalue weighted by molar-refractivity contribution is 5.91. The summed E-state index contributed by atoms with van der Waals surface area (Å²) in [6.45, 7) is 5.32. The first-order chi connectivity index (χ1) is 14.0. The summed E-state index contributed by atoms with van der Waals surface area (Å²) < 4.78 is 10.7. The lowest BCUT2D eigenvalue weighted by molar-refractivity contribution is -0.144. The molecule has 1 aliphatic heterocycles. The normalized spacial score (nSPS) is 19.5. The fourth-order valence-corrected chi connectivity index (χ4v) is 4.53. The third-order valence-electron chi connectivity index (χ3n) is 6.05. The maximum absolute atomic E-state index is 13.3. The van der Waals surface area contributed by atoms with Crippen LogP contribution in [0.1, 0.15) is 44.6 Å². The molecule has 1 aliphatic carbocycles. The zero-order valence-electron chi connectivity index (χ0n) is 17.8. The third-order valence-corrected chi connectivity index (χ3v) is 6.05. The van der Waals surface area contributed by atoms with Gasteiger partial charge in [-0.3, -0.25) is 14.5 Å². The number of benzene rings is 1. The number of amides is 2. The first-order valence-electron chi connectivity index (χ1n) is 10.5. The Bertz CT molecular complexity index is 723. The molecule has 7 nitrogen and oxygen atoms in total. The minimum atomic E-state index is -0.699. The molecule has 3 rings (SSSR count). The molecule has 2 fully saturated rings. The summed E-state index contributed by atoms with van der Waals surface area (Å²) in [5.41, 5.74) is 0.458. The summed E-state index contributed by atoms with van der Waals surface area (Å²) in [7, 11) is 3.27. The Balaban J connectivity index is 1.59. The van der Waals surface area contributed by atoms with Crippen LogP contribution < -0.4 is 14.8 Å². The zero-order chi connectivity index (χ0) is 20.9. The van der Waals surface area contributed by atoms with Crippen LogP contribution in [0.2, 0.25) is 0 Å². The summed E-state index contributed by atoms with van der Waals surface area (Å²) in [5.74, 6) is 1.43. The van der Waals surface area contributed by atoms with Gasteiger partial charge in [-0.1, -0.05) is 25.3 Å². The molecular formula is C22H33N3O4. The number of piperazine rings is 1. The topological polar surface area (TPSA) is 71.1 Å². The largest absolute Gasteiger partial charge is 0.493 e. The van der Waals surface area contributed by atoms with E-state index >= 15 is 0 Å². The van der Waals surface area contributed by atoms with Crippen molar-refractivity contribution in [3.63, 3.8) is 0 Å². The van der Waals surface area contributed by atoms with E-state index in [4.69, 9.17) is 9.47 Å². The molecule has 7 heteroatoms. The van der Waals surface area contributed by atoms with Crippen molar-refractivity contribution in [3.05, 3.63) is 23.8 Å². The van der Waals surface area contributed by atoms with Crippen LogP contribution in [0.25, 0.3) is 0 Å². The Morgan fingerprint density at radius 3 is 2.24 bits per heavy atom. The number of carbonyl (C=O) groups excluding carboxylic acids is 2. The first kappa shape index (κ1) is 21.4. The molecule has 0 bridgehead atoms. The summed E-state index contributed by atoms with van der Waals surface area (Å²) in [6.07, 6.45) is 4.61. The van der Waals surface area contributed by atoms with Gasteiger partial charge in [0.2, 0.25) is 11.8 Å². The van der Waals surface area contributed by atoms with Crippen molar-refractivity contribution < 1.29 is 19.1 Å². The molecule has 1 heterocycles. The number of nitrogens with zero attached hydrogens (tertiary/aromatic N) is 2. The lowest BCUT2D eigenvalue weighted by Gasteiger charge is -2.43. The molecule has 1 aromatic carbocycles. The molecule has 0 atom stereocenters. The number of carbonyl (C=O) groups is 2. The lowest BCUT2D eigenvalue weighted by Crippen LogP contribution is -2.62. The van der Waals surface area contributed by atoms with E-state index in [2.05, 4.69) is 10.2 Å². The van der Waals surface area contributed by atoms with Gasteiger partial charge in [0.1, 0.15) is 5.54 Å². The molecule has 160 valence electrons. The third kappa shape index (κ3) is 5.01. The molecule has 0 spiro atoms. The van der Waals surface area contributed by atoms with Gasteiger partial charge >= 0.3 is 0 Å². The highest BCUT2D eigenvalue weighted by Gasteiger charge is 2.43. The predicted octanol–water partition coefficient (Wildman–Crippen LogP) is 2.19. The van der Waals surface area contributed by atoms with E-state index in [-0.39, 0.29) is 11.8 Å². The second kappa shape index (κ2) is 9.48. The highest BCUT2D eigenvalue weighted by atomic mass is 16.5. The van der Waals surface area contributed by atoms with Gasteiger partial charge in [-0.15, -0.1) is 0 Å². The predicted molar refractivity (Wildman–Crippen MR) is 111 cm³/mol. The Kier molecular flexibility index (Phi) is 7.00. The average Bonchev–Trinajstić information content (AvgIpc) is 2.74. The Morgan fingerprint density at radius 2 is 1.66 bits per heavy atom. The number of ether oxygens (including phenoxy) is 2. The van der Waals surface area contributed by atoms with E-state index in [1.54, 1.807) is 14.2 Å². The van der Waals surface area contributed by atoms with Gasteiger partial charge in [0, 0.05) is 39.6 Å². The molecule has 1 saturated carbocycles. The summed E-state index contributed by atoms with van der Waals surface area (Å²) in [4.78, 5) is 29.3. The monoisotopic (exact) mass is 403 g/mol. The molecule has 2 aliphatic rings. The van der Waals surface area contributed by atoms with E-state index in [1.807, 2.05) is 23.1 Å². The minimum absolute atomic E-state index is 0.0955. The molecule has 29 heavy (non-hydrogen) atoms. The van der Waals surface area contributed by atoms with Gasteiger partial charge in [-0.2, -0.15) is 0 Å².